The van der Waals surface area contributed by atoms with E-state index in [9.17, 15) is 9.59 Å². The van der Waals surface area contributed by atoms with Crippen molar-refractivity contribution >= 4 is 23.5 Å². The normalized spacial score (nSPS) is 14.8. The minimum atomic E-state index is -0.154. The second-order valence-electron chi connectivity index (χ2n) is 6.43. The van der Waals surface area contributed by atoms with Crippen LogP contribution in [0, 0.1) is 12.8 Å². The summed E-state index contributed by atoms with van der Waals surface area (Å²) in [6, 6.07) is 7.25. The summed E-state index contributed by atoms with van der Waals surface area (Å²) in [5.41, 5.74) is 1.61. The average Bonchev–Trinajstić information content (AvgIpc) is 2.69. The summed E-state index contributed by atoms with van der Waals surface area (Å²) in [4.78, 5) is 35.2. The molecule has 0 aromatic carbocycles. The monoisotopic (exact) mass is 353 g/mol. The maximum Gasteiger partial charge on any atom is 0.254 e. The Labute approximate surface area is 152 Å². The minimum absolute atomic E-state index is 0.00597. The van der Waals surface area contributed by atoms with Crippen LogP contribution in [0.5, 0.6) is 0 Å². The standard InChI is InChI=1S/C19H23N5O2/c1-13-5-6-16(22-12-13)23-18(25)14-7-10-24(11-8-14)17-15(19(26)20-2)4-3-9-21-17/h3-6,9,12,14H,7-8,10-11H2,1-2H3,(H,20,26)(H,22,23,25). The predicted molar refractivity (Wildman–Crippen MR) is 100 cm³/mol. The van der Waals surface area contributed by atoms with E-state index in [1.807, 2.05) is 19.1 Å². The van der Waals surface area contributed by atoms with Gasteiger partial charge in [-0.05, 0) is 43.5 Å². The molecule has 7 nitrogen and oxygen atoms in total. The lowest BCUT2D eigenvalue weighted by molar-refractivity contribution is -0.120. The zero-order chi connectivity index (χ0) is 18.5. The molecule has 2 aromatic heterocycles. The largest absolute Gasteiger partial charge is 0.356 e. The summed E-state index contributed by atoms with van der Waals surface area (Å²) in [7, 11) is 1.61. The number of anilines is 2. The Balaban J connectivity index is 1.62. The van der Waals surface area contributed by atoms with Crippen molar-refractivity contribution in [3.05, 3.63) is 47.8 Å². The molecule has 1 saturated heterocycles. The molecule has 0 bridgehead atoms. The molecule has 0 saturated carbocycles. The van der Waals surface area contributed by atoms with Crippen LogP contribution in [0.3, 0.4) is 0 Å². The van der Waals surface area contributed by atoms with Crippen molar-refractivity contribution in [3.63, 3.8) is 0 Å². The Morgan fingerprint density at radius 3 is 2.58 bits per heavy atom. The number of nitrogens with one attached hydrogen (secondary N) is 2. The van der Waals surface area contributed by atoms with E-state index in [4.69, 9.17) is 0 Å². The number of aromatic nitrogens is 2. The molecule has 2 amide bonds. The number of aryl methyl sites for hydroxylation is 1. The van der Waals surface area contributed by atoms with Crippen LogP contribution in [0.25, 0.3) is 0 Å². The molecule has 0 atom stereocenters. The van der Waals surface area contributed by atoms with Gasteiger partial charge in [-0.2, -0.15) is 0 Å². The molecular formula is C19H23N5O2. The van der Waals surface area contributed by atoms with Crippen molar-refractivity contribution in [2.75, 3.05) is 30.4 Å². The first-order chi connectivity index (χ1) is 12.6. The van der Waals surface area contributed by atoms with Crippen LogP contribution in [-0.2, 0) is 4.79 Å². The van der Waals surface area contributed by atoms with Gasteiger partial charge in [-0.1, -0.05) is 6.07 Å². The number of carbonyl (C=O) groups is 2. The SMILES string of the molecule is CNC(=O)c1cccnc1N1CCC(C(=O)Nc2ccc(C)cn2)CC1. The van der Waals surface area contributed by atoms with E-state index in [2.05, 4.69) is 25.5 Å². The fraction of sp³-hybridized carbons (Fsp3) is 0.368. The van der Waals surface area contributed by atoms with Gasteiger partial charge in [0.1, 0.15) is 11.6 Å². The Kier molecular flexibility index (Phi) is 5.46. The van der Waals surface area contributed by atoms with Gasteiger partial charge in [0.05, 0.1) is 5.56 Å². The molecule has 1 fully saturated rings. The molecule has 0 spiro atoms. The van der Waals surface area contributed by atoms with Gasteiger partial charge in [0.2, 0.25) is 5.91 Å². The highest BCUT2D eigenvalue weighted by Gasteiger charge is 2.27. The smallest absolute Gasteiger partial charge is 0.254 e. The van der Waals surface area contributed by atoms with Crippen molar-refractivity contribution < 1.29 is 9.59 Å². The number of nitrogens with zero attached hydrogens (tertiary/aromatic N) is 3. The van der Waals surface area contributed by atoms with E-state index < -0.39 is 0 Å². The second-order valence-corrected chi connectivity index (χ2v) is 6.43. The lowest BCUT2D eigenvalue weighted by atomic mass is 9.95. The van der Waals surface area contributed by atoms with Crippen LogP contribution in [0.1, 0.15) is 28.8 Å². The summed E-state index contributed by atoms with van der Waals surface area (Å²) < 4.78 is 0. The van der Waals surface area contributed by atoms with Gasteiger partial charge in [-0.3, -0.25) is 9.59 Å². The third kappa shape index (κ3) is 3.99. The number of carbonyl (C=O) groups excluding carboxylic acids is 2. The fourth-order valence-electron chi connectivity index (χ4n) is 3.08. The molecule has 136 valence electrons. The number of pyridine rings is 2. The Bertz CT molecular complexity index is 783. The zero-order valence-corrected chi connectivity index (χ0v) is 15.0. The van der Waals surface area contributed by atoms with Gasteiger partial charge < -0.3 is 15.5 Å². The third-order valence-corrected chi connectivity index (χ3v) is 4.59. The predicted octanol–water partition coefficient (Wildman–Crippen LogP) is 2.00. The molecule has 2 aromatic rings. The topological polar surface area (TPSA) is 87.2 Å². The number of piperidine rings is 1. The van der Waals surface area contributed by atoms with Crippen molar-refractivity contribution in [2.45, 2.75) is 19.8 Å². The van der Waals surface area contributed by atoms with Crippen LogP contribution >= 0.6 is 0 Å². The van der Waals surface area contributed by atoms with Crippen LogP contribution < -0.4 is 15.5 Å². The van der Waals surface area contributed by atoms with E-state index in [0.717, 1.165) is 5.56 Å². The molecule has 0 aliphatic carbocycles. The van der Waals surface area contributed by atoms with E-state index in [1.165, 1.54) is 0 Å². The number of rotatable bonds is 4. The summed E-state index contributed by atoms with van der Waals surface area (Å²) in [5.74, 6) is 1.02. The molecule has 7 heteroatoms. The molecule has 3 rings (SSSR count). The van der Waals surface area contributed by atoms with Gasteiger partial charge in [0, 0.05) is 38.4 Å². The Morgan fingerprint density at radius 2 is 1.92 bits per heavy atom. The first-order valence-electron chi connectivity index (χ1n) is 8.74. The molecule has 0 radical (unpaired) electrons. The molecule has 26 heavy (non-hydrogen) atoms. The first kappa shape index (κ1) is 17.8. The van der Waals surface area contributed by atoms with Crippen LogP contribution in [-0.4, -0.2) is 41.9 Å². The highest BCUT2D eigenvalue weighted by Crippen LogP contribution is 2.25. The molecule has 2 N–H and O–H groups in total. The number of amides is 2. The van der Waals surface area contributed by atoms with Crippen LogP contribution in [0.15, 0.2) is 36.7 Å². The molecular weight excluding hydrogens is 330 g/mol. The highest BCUT2D eigenvalue weighted by molar-refractivity contribution is 5.98. The Hall–Kier alpha value is -2.96. The van der Waals surface area contributed by atoms with E-state index in [1.54, 1.807) is 31.6 Å². The fourth-order valence-corrected chi connectivity index (χ4v) is 3.08. The van der Waals surface area contributed by atoms with Gasteiger partial charge in [0.15, 0.2) is 0 Å². The van der Waals surface area contributed by atoms with E-state index in [-0.39, 0.29) is 17.7 Å². The maximum atomic E-state index is 12.5. The third-order valence-electron chi connectivity index (χ3n) is 4.59. The summed E-state index contributed by atoms with van der Waals surface area (Å²) in [5, 5.41) is 5.53. The molecule has 1 aliphatic heterocycles. The minimum Gasteiger partial charge on any atom is -0.356 e. The molecule has 3 heterocycles. The summed E-state index contributed by atoms with van der Waals surface area (Å²) in [6.07, 6.45) is 4.84. The average molecular weight is 353 g/mol. The van der Waals surface area contributed by atoms with Crippen molar-refractivity contribution in [1.29, 1.82) is 0 Å². The highest BCUT2D eigenvalue weighted by atomic mass is 16.2. The molecule has 0 unspecified atom stereocenters. The van der Waals surface area contributed by atoms with E-state index in [0.29, 0.717) is 43.1 Å². The lowest BCUT2D eigenvalue weighted by Gasteiger charge is -2.32. The lowest BCUT2D eigenvalue weighted by Crippen LogP contribution is -2.39. The summed E-state index contributed by atoms with van der Waals surface area (Å²) in [6.45, 7) is 3.32. The van der Waals surface area contributed by atoms with Crippen molar-refractivity contribution in [3.8, 4) is 0 Å². The first-order valence-corrected chi connectivity index (χ1v) is 8.74. The summed E-state index contributed by atoms with van der Waals surface area (Å²) >= 11 is 0. The van der Waals surface area contributed by atoms with Gasteiger partial charge in [0.25, 0.3) is 5.91 Å². The number of hydrogen-bond acceptors (Lipinski definition) is 5. The van der Waals surface area contributed by atoms with E-state index >= 15 is 0 Å². The van der Waals surface area contributed by atoms with Crippen LogP contribution in [0.2, 0.25) is 0 Å². The molecule has 1 aliphatic rings. The Morgan fingerprint density at radius 1 is 1.15 bits per heavy atom. The second kappa shape index (κ2) is 7.95. The van der Waals surface area contributed by atoms with Gasteiger partial charge >= 0.3 is 0 Å². The van der Waals surface area contributed by atoms with Crippen molar-refractivity contribution in [2.24, 2.45) is 5.92 Å². The maximum absolute atomic E-state index is 12.5. The quantitative estimate of drug-likeness (QED) is 0.878. The number of hydrogen-bond donors (Lipinski definition) is 2. The van der Waals surface area contributed by atoms with Crippen molar-refractivity contribution in [1.82, 2.24) is 15.3 Å². The van der Waals surface area contributed by atoms with Gasteiger partial charge in [-0.25, -0.2) is 9.97 Å². The van der Waals surface area contributed by atoms with Gasteiger partial charge in [-0.15, -0.1) is 0 Å². The van der Waals surface area contributed by atoms with Crippen LogP contribution in [0.4, 0.5) is 11.6 Å². The zero-order valence-electron chi connectivity index (χ0n) is 15.0.